The van der Waals surface area contributed by atoms with Crippen LogP contribution in [-0.2, 0) is 58.9 Å². The van der Waals surface area contributed by atoms with Crippen molar-refractivity contribution in [1.29, 1.82) is 0 Å². The van der Waals surface area contributed by atoms with Crippen LogP contribution in [0.3, 0.4) is 0 Å². The molecular formula is C57H48N6O6. The zero-order valence-electron chi connectivity index (χ0n) is 37.8. The van der Waals surface area contributed by atoms with Gasteiger partial charge in [-0.1, -0.05) is 36.4 Å². The molecule has 1 aliphatic rings. The van der Waals surface area contributed by atoms with Crippen LogP contribution in [0.4, 0.5) is 0 Å². The summed E-state index contributed by atoms with van der Waals surface area (Å²) < 4.78 is 39.6. The molecule has 0 N–H and O–H groups in total. The van der Waals surface area contributed by atoms with Crippen LogP contribution >= 0.6 is 0 Å². The number of benzene rings is 3. The van der Waals surface area contributed by atoms with Gasteiger partial charge < -0.3 is 28.4 Å². The Morgan fingerprint density at radius 1 is 0.246 bits per heavy atom. The number of ether oxygens (including phenoxy) is 6. The van der Waals surface area contributed by atoms with Gasteiger partial charge in [-0.3, -0.25) is 29.9 Å². The normalized spacial score (nSPS) is 11.7. The lowest BCUT2D eigenvalue weighted by atomic mass is 9.94. The van der Waals surface area contributed by atoms with Crippen molar-refractivity contribution in [2.45, 2.75) is 58.9 Å². The first-order chi connectivity index (χ1) is 34.1. The van der Waals surface area contributed by atoms with Crippen molar-refractivity contribution in [2.75, 3.05) is 0 Å². The minimum absolute atomic E-state index is 0.250. The first-order valence-electron chi connectivity index (χ1n) is 22.8. The molecule has 12 nitrogen and oxygen atoms in total. The van der Waals surface area contributed by atoms with E-state index in [1.807, 2.05) is 109 Å². The number of hydrogen-bond donors (Lipinski definition) is 0. The first-order valence-corrected chi connectivity index (χ1v) is 22.8. The molecule has 0 amide bonds. The summed E-state index contributed by atoms with van der Waals surface area (Å²) in [6, 6.07) is 47.3. The monoisotopic (exact) mass is 912 g/mol. The highest BCUT2D eigenvalue weighted by Crippen LogP contribution is 2.42. The number of nitrogens with zero attached hydrogens (tertiary/aromatic N) is 6. The molecule has 12 heteroatoms. The molecule has 0 aliphatic heterocycles. The second kappa shape index (κ2) is 21.8. The van der Waals surface area contributed by atoms with Crippen molar-refractivity contribution >= 4 is 0 Å². The highest BCUT2D eigenvalue weighted by atomic mass is 16.5. The Kier molecular flexibility index (Phi) is 14.0. The van der Waals surface area contributed by atoms with Crippen molar-refractivity contribution in [2.24, 2.45) is 0 Å². The van der Waals surface area contributed by atoms with Crippen molar-refractivity contribution in [3.63, 3.8) is 0 Å². The molecule has 0 atom stereocenters. The quantitative estimate of drug-likeness (QED) is 0.0811. The minimum Gasteiger partial charge on any atom is -0.483 e. The highest BCUT2D eigenvalue weighted by molar-refractivity contribution is 5.58. The third kappa shape index (κ3) is 11.7. The third-order valence-corrected chi connectivity index (χ3v) is 11.6. The summed E-state index contributed by atoms with van der Waals surface area (Å²) in [6.45, 7) is 1.50. The summed E-state index contributed by atoms with van der Waals surface area (Å²) in [5, 5.41) is 0. The summed E-state index contributed by atoms with van der Waals surface area (Å²) in [5.74, 6) is 3.56. The fourth-order valence-electron chi connectivity index (χ4n) is 8.02. The lowest BCUT2D eigenvalue weighted by Crippen LogP contribution is -2.07. The molecule has 10 rings (SSSR count). The maximum absolute atomic E-state index is 6.60. The number of fused-ring (bicyclic) bond motifs is 3. The SMILES string of the molecule is c1ccc(COc2cc3c(cc2OCc2ccccn2)Cc2cc(OCc4ccccn4)c(OCc4ccccn4)cc2Cc2cc(OCc4ccccn4)c(OCc4ccccn4)cc2C3)nc1. The first kappa shape index (κ1) is 44.2. The third-order valence-electron chi connectivity index (χ3n) is 11.6. The van der Waals surface area contributed by atoms with Crippen LogP contribution in [0.2, 0.25) is 0 Å². The van der Waals surface area contributed by atoms with E-state index in [0.717, 1.165) is 67.5 Å². The van der Waals surface area contributed by atoms with Crippen molar-refractivity contribution in [3.8, 4) is 34.5 Å². The van der Waals surface area contributed by atoms with Crippen LogP contribution in [0.5, 0.6) is 34.5 Å². The maximum Gasteiger partial charge on any atom is 0.162 e. The Morgan fingerprint density at radius 2 is 0.420 bits per heavy atom. The molecule has 9 aromatic rings. The smallest absolute Gasteiger partial charge is 0.162 e. The van der Waals surface area contributed by atoms with Gasteiger partial charge in [0.2, 0.25) is 0 Å². The second-order valence-corrected chi connectivity index (χ2v) is 16.4. The molecule has 69 heavy (non-hydrogen) atoms. The predicted molar refractivity (Wildman–Crippen MR) is 259 cm³/mol. The number of pyridine rings is 6. The zero-order chi connectivity index (χ0) is 46.5. The van der Waals surface area contributed by atoms with Crippen LogP contribution < -0.4 is 28.4 Å². The minimum atomic E-state index is 0.250. The van der Waals surface area contributed by atoms with E-state index in [9.17, 15) is 0 Å². The van der Waals surface area contributed by atoms with Crippen LogP contribution in [0.25, 0.3) is 0 Å². The molecule has 0 saturated carbocycles. The van der Waals surface area contributed by atoms with Crippen molar-refractivity contribution in [1.82, 2.24) is 29.9 Å². The van der Waals surface area contributed by atoms with Crippen LogP contribution in [0.15, 0.2) is 183 Å². The number of aromatic nitrogens is 6. The van der Waals surface area contributed by atoms with Crippen LogP contribution in [-0.4, -0.2) is 29.9 Å². The van der Waals surface area contributed by atoms with Gasteiger partial charge in [0.15, 0.2) is 34.5 Å². The molecule has 0 fully saturated rings. The van der Waals surface area contributed by atoms with Crippen molar-refractivity contribution < 1.29 is 28.4 Å². The van der Waals surface area contributed by atoms with E-state index >= 15 is 0 Å². The van der Waals surface area contributed by atoms with E-state index in [-0.39, 0.29) is 39.6 Å². The number of hydrogen-bond acceptors (Lipinski definition) is 12. The lowest BCUT2D eigenvalue weighted by Gasteiger charge is -2.19. The van der Waals surface area contributed by atoms with Gasteiger partial charge in [0.05, 0.1) is 34.2 Å². The Morgan fingerprint density at radius 3 is 0.565 bits per heavy atom. The summed E-state index contributed by atoms with van der Waals surface area (Å²) in [6.07, 6.45) is 12.2. The van der Waals surface area contributed by atoms with Gasteiger partial charge in [0.1, 0.15) is 39.6 Å². The van der Waals surface area contributed by atoms with Gasteiger partial charge in [-0.25, -0.2) is 0 Å². The fourth-order valence-corrected chi connectivity index (χ4v) is 8.02. The largest absolute Gasteiger partial charge is 0.483 e. The molecule has 3 aromatic carbocycles. The number of rotatable bonds is 18. The predicted octanol–water partition coefficient (Wildman–Crippen LogP) is 10.6. The molecule has 0 unspecified atom stereocenters. The Bertz CT molecular complexity index is 2540. The van der Waals surface area contributed by atoms with Gasteiger partial charge >= 0.3 is 0 Å². The molecule has 1 aliphatic carbocycles. The lowest BCUT2D eigenvalue weighted by molar-refractivity contribution is 0.251. The highest BCUT2D eigenvalue weighted by Gasteiger charge is 2.24. The molecule has 342 valence electrons. The van der Waals surface area contributed by atoms with Crippen LogP contribution in [0, 0.1) is 0 Å². The van der Waals surface area contributed by atoms with Crippen molar-refractivity contribution in [3.05, 3.63) is 250 Å². The van der Waals surface area contributed by atoms with E-state index in [2.05, 4.69) is 66.3 Å². The standard InChI is InChI=1S/C57H48N6O6/c1-7-19-58-46(13-1)34-64-52-28-40-25-42-30-54(66-36-48-15-3-9-21-60-48)56(68-38-50-17-5-11-23-62-50)32-44(42)27-45-33-57(69-39-51-18-6-12-24-63-51)55(67-37-49-16-4-10-22-61-49)31-43(45)26-41(40)29-53(52)65-35-47-14-2-8-20-59-47/h1-24,28-33H,25-27,34-39H2. The molecule has 0 spiro atoms. The molecule has 0 saturated heterocycles. The van der Waals surface area contributed by atoms with Gasteiger partial charge in [-0.2, -0.15) is 0 Å². The Labute approximate surface area is 400 Å². The summed E-state index contributed by atoms with van der Waals surface area (Å²) >= 11 is 0. The van der Waals surface area contributed by atoms with E-state index < -0.39 is 0 Å². The van der Waals surface area contributed by atoms with Crippen LogP contribution in [0.1, 0.15) is 67.5 Å². The van der Waals surface area contributed by atoms with E-state index in [1.54, 1.807) is 37.2 Å². The van der Waals surface area contributed by atoms with Gasteiger partial charge in [0.25, 0.3) is 0 Å². The zero-order valence-corrected chi connectivity index (χ0v) is 37.8. The Balaban J connectivity index is 1.10. The summed E-state index contributed by atoms with van der Waals surface area (Å²) in [4.78, 5) is 27.2. The molecule has 6 aromatic heterocycles. The molecule has 0 bridgehead atoms. The van der Waals surface area contributed by atoms with E-state index in [4.69, 9.17) is 28.4 Å². The fraction of sp³-hybridized carbons (Fsp3) is 0.158. The summed E-state index contributed by atoms with van der Waals surface area (Å²) in [5.41, 5.74) is 11.1. The molecule has 0 radical (unpaired) electrons. The summed E-state index contributed by atoms with van der Waals surface area (Å²) in [7, 11) is 0. The van der Waals surface area contributed by atoms with Gasteiger partial charge in [-0.05, 0) is 162 Å². The molecule has 6 heterocycles. The Hall–Kier alpha value is -8.64. The average molecular weight is 913 g/mol. The topological polar surface area (TPSA) is 133 Å². The molecular weight excluding hydrogens is 865 g/mol. The van der Waals surface area contributed by atoms with Gasteiger partial charge in [0, 0.05) is 37.2 Å². The van der Waals surface area contributed by atoms with E-state index in [1.165, 1.54) is 0 Å². The van der Waals surface area contributed by atoms with Gasteiger partial charge in [-0.15, -0.1) is 0 Å². The maximum atomic E-state index is 6.60. The second-order valence-electron chi connectivity index (χ2n) is 16.4. The van der Waals surface area contributed by atoms with E-state index in [0.29, 0.717) is 53.8 Å². The average Bonchev–Trinajstić information content (AvgIpc) is 3.46.